The second kappa shape index (κ2) is 13.2. The van der Waals surface area contributed by atoms with Crippen LogP contribution in [-0.4, -0.2) is 30.3 Å². The summed E-state index contributed by atoms with van der Waals surface area (Å²) >= 11 is 1.81. The van der Waals surface area contributed by atoms with Crippen molar-refractivity contribution in [3.63, 3.8) is 0 Å². The van der Waals surface area contributed by atoms with Gasteiger partial charge >= 0.3 is 0 Å². The highest BCUT2D eigenvalue weighted by Crippen LogP contribution is 2.30. The van der Waals surface area contributed by atoms with E-state index in [1.165, 1.54) is 50.9 Å². The van der Waals surface area contributed by atoms with Crippen molar-refractivity contribution in [2.24, 2.45) is 0 Å². The molecule has 0 unspecified atom stereocenters. The van der Waals surface area contributed by atoms with Gasteiger partial charge in [0.15, 0.2) is 0 Å². The molecule has 4 rings (SSSR count). The van der Waals surface area contributed by atoms with E-state index in [2.05, 4.69) is 98.7 Å². The van der Waals surface area contributed by atoms with Gasteiger partial charge in [0, 0.05) is 30.7 Å². The molecule has 0 radical (unpaired) electrons. The highest BCUT2D eigenvalue weighted by Gasteiger charge is 2.13. The van der Waals surface area contributed by atoms with E-state index >= 15 is 0 Å². The van der Waals surface area contributed by atoms with Gasteiger partial charge in [-0.05, 0) is 66.5 Å². The van der Waals surface area contributed by atoms with Gasteiger partial charge in [-0.25, -0.2) is 0 Å². The second-order valence-corrected chi connectivity index (χ2v) is 8.42. The molecule has 0 bridgehead atoms. The molecule has 31 heavy (non-hydrogen) atoms. The topological polar surface area (TPSA) is 66.2 Å². The van der Waals surface area contributed by atoms with E-state index < -0.39 is 0 Å². The van der Waals surface area contributed by atoms with Crippen molar-refractivity contribution in [3.8, 4) is 0 Å². The van der Waals surface area contributed by atoms with Crippen molar-refractivity contribution in [1.29, 1.82) is 0 Å². The maximum Gasteiger partial charge on any atom is 0.0442 e. The quantitative estimate of drug-likeness (QED) is 0.418. The number of fused-ring (bicyclic) bond motifs is 2. The fraction of sp³-hybridized carbons (Fsp3) is 0.333. The Morgan fingerprint density at radius 2 is 1.55 bits per heavy atom. The molecule has 3 aromatic rings. The number of thioether (sulfide) groups is 1. The Hall–Kier alpha value is -2.27. The third kappa shape index (κ3) is 6.36. The molecule has 1 aliphatic rings. The van der Waals surface area contributed by atoms with Crippen molar-refractivity contribution in [2.45, 2.75) is 44.9 Å². The molecular weight excluding hydrogens is 402 g/mol. The standard InChI is InChI=1S/C15H21N.C12H12S.2H2O.H2/c1-3-11-16(12-4-2)15-10-6-8-13-7-5-9-14(13)15;1-9-7-8-12(13-2)11-6-4-3-5-10(9)11;;;/h5-6,8-10H,3-4,7,11-12H2,1-2H3;3-8H,1-2H3;2*1H2;1H. The molecule has 3 aromatic carbocycles. The summed E-state index contributed by atoms with van der Waals surface area (Å²) in [5.74, 6) is 0. The van der Waals surface area contributed by atoms with Crippen molar-refractivity contribution in [2.75, 3.05) is 24.2 Å². The zero-order chi connectivity index (χ0) is 20.6. The predicted octanol–water partition coefficient (Wildman–Crippen LogP) is 6.35. The number of rotatable bonds is 6. The third-order valence-corrected chi connectivity index (χ3v) is 6.24. The molecule has 1 aliphatic carbocycles. The minimum Gasteiger partial charge on any atom is -0.412 e. The molecule has 0 aromatic heterocycles. The molecule has 0 atom stereocenters. The number of aryl methyl sites for hydroxylation is 1. The van der Waals surface area contributed by atoms with Crippen LogP contribution in [0.5, 0.6) is 0 Å². The molecule has 4 heteroatoms. The van der Waals surface area contributed by atoms with Crippen LogP contribution in [0.15, 0.2) is 65.6 Å². The summed E-state index contributed by atoms with van der Waals surface area (Å²) in [7, 11) is 0. The fourth-order valence-electron chi connectivity index (χ4n) is 4.04. The summed E-state index contributed by atoms with van der Waals surface area (Å²) in [6.45, 7) is 8.99. The Morgan fingerprint density at radius 1 is 0.871 bits per heavy atom. The van der Waals surface area contributed by atoms with Crippen LogP contribution >= 0.6 is 11.8 Å². The Morgan fingerprint density at radius 3 is 2.19 bits per heavy atom. The van der Waals surface area contributed by atoms with Gasteiger partial charge in [0.2, 0.25) is 0 Å². The van der Waals surface area contributed by atoms with E-state index in [1.54, 1.807) is 11.8 Å². The van der Waals surface area contributed by atoms with Gasteiger partial charge in [0.25, 0.3) is 0 Å². The summed E-state index contributed by atoms with van der Waals surface area (Å²) in [5.41, 5.74) is 5.71. The van der Waals surface area contributed by atoms with Gasteiger partial charge < -0.3 is 15.9 Å². The van der Waals surface area contributed by atoms with Crippen LogP contribution in [0.25, 0.3) is 16.8 Å². The van der Waals surface area contributed by atoms with Crippen LogP contribution in [0.1, 0.15) is 44.8 Å². The molecule has 0 saturated heterocycles. The van der Waals surface area contributed by atoms with Crippen LogP contribution in [0, 0.1) is 6.92 Å². The molecule has 3 nitrogen and oxygen atoms in total. The van der Waals surface area contributed by atoms with Gasteiger partial charge in [-0.2, -0.15) is 0 Å². The lowest BCUT2D eigenvalue weighted by Gasteiger charge is -2.26. The number of hydrogen-bond donors (Lipinski definition) is 0. The summed E-state index contributed by atoms with van der Waals surface area (Å²) in [4.78, 5) is 3.88. The monoisotopic (exact) mass is 441 g/mol. The van der Waals surface area contributed by atoms with Crippen LogP contribution in [0.3, 0.4) is 0 Å². The Kier molecular flexibility index (Phi) is 11.4. The first-order valence-electron chi connectivity index (χ1n) is 10.7. The number of allylic oxidation sites excluding steroid dienone is 1. The third-order valence-electron chi connectivity index (χ3n) is 5.45. The van der Waals surface area contributed by atoms with Gasteiger partial charge in [0.1, 0.15) is 0 Å². The molecular formula is C27H39NO2S. The second-order valence-electron chi connectivity index (χ2n) is 7.57. The van der Waals surface area contributed by atoms with Crippen LogP contribution in [0.2, 0.25) is 0 Å². The zero-order valence-electron chi connectivity index (χ0n) is 19.2. The van der Waals surface area contributed by atoms with E-state index in [0.717, 1.165) is 19.5 Å². The van der Waals surface area contributed by atoms with Crippen molar-refractivity contribution >= 4 is 34.3 Å². The Bertz CT molecular complexity index is 985. The molecule has 4 N–H and O–H groups in total. The molecule has 170 valence electrons. The fourth-order valence-corrected chi connectivity index (χ4v) is 4.64. The van der Waals surface area contributed by atoms with Crippen LogP contribution in [0.4, 0.5) is 5.69 Å². The molecule has 0 amide bonds. The molecule has 0 aliphatic heterocycles. The van der Waals surface area contributed by atoms with Gasteiger partial charge in [-0.1, -0.05) is 68.5 Å². The molecule has 0 fully saturated rings. The van der Waals surface area contributed by atoms with Gasteiger partial charge in [0.05, 0.1) is 0 Å². The van der Waals surface area contributed by atoms with Crippen molar-refractivity contribution < 1.29 is 12.4 Å². The van der Waals surface area contributed by atoms with E-state index in [1.807, 2.05) is 0 Å². The number of nitrogens with zero attached hydrogens (tertiary/aromatic N) is 1. The van der Waals surface area contributed by atoms with E-state index in [4.69, 9.17) is 0 Å². The average molecular weight is 442 g/mol. The van der Waals surface area contributed by atoms with E-state index in [9.17, 15) is 0 Å². The smallest absolute Gasteiger partial charge is 0.0442 e. The summed E-state index contributed by atoms with van der Waals surface area (Å²) < 4.78 is 0. The number of hydrogen-bond acceptors (Lipinski definition) is 2. The highest BCUT2D eigenvalue weighted by atomic mass is 32.2. The minimum absolute atomic E-state index is 0. The first-order chi connectivity index (χ1) is 14.2. The number of anilines is 1. The van der Waals surface area contributed by atoms with Crippen molar-refractivity contribution in [3.05, 3.63) is 77.4 Å². The van der Waals surface area contributed by atoms with Gasteiger partial charge in [-0.15, -0.1) is 11.8 Å². The van der Waals surface area contributed by atoms with Gasteiger partial charge in [-0.3, -0.25) is 0 Å². The Labute approximate surface area is 193 Å². The zero-order valence-corrected chi connectivity index (χ0v) is 20.1. The number of benzene rings is 3. The van der Waals surface area contributed by atoms with Crippen LogP contribution < -0.4 is 4.90 Å². The summed E-state index contributed by atoms with van der Waals surface area (Å²) in [5, 5.41) is 2.74. The molecule has 0 heterocycles. The predicted molar refractivity (Wildman–Crippen MR) is 142 cm³/mol. The lowest BCUT2D eigenvalue weighted by Crippen LogP contribution is -2.25. The molecule has 0 spiro atoms. The SMILES string of the molecule is CCCN(CCC)c1cccc2c1C=CC2.CSc1ccc(C)c2ccccc12.O.O.[HH]. The van der Waals surface area contributed by atoms with E-state index in [-0.39, 0.29) is 12.4 Å². The minimum atomic E-state index is 0. The summed E-state index contributed by atoms with van der Waals surface area (Å²) in [6.07, 6.45) is 10.2. The van der Waals surface area contributed by atoms with E-state index in [0.29, 0.717) is 0 Å². The highest BCUT2D eigenvalue weighted by molar-refractivity contribution is 7.98. The Balaban J connectivity index is 0.000000558. The normalized spacial score (nSPS) is 11.1. The lowest BCUT2D eigenvalue weighted by atomic mass is 10.1. The molecule has 0 saturated carbocycles. The lowest BCUT2D eigenvalue weighted by molar-refractivity contribution is 0.744. The van der Waals surface area contributed by atoms with Crippen molar-refractivity contribution in [1.82, 2.24) is 0 Å². The largest absolute Gasteiger partial charge is 0.412 e. The summed E-state index contributed by atoms with van der Waals surface area (Å²) in [6, 6.07) is 19.7. The average Bonchev–Trinajstić information content (AvgIpc) is 3.24. The van der Waals surface area contributed by atoms with Crippen LogP contribution in [-0.2, 0) is 6.42 Å². The maximum atomic E-state index is 2.52. The maximum absolute atomic E-state index is 2.52. The first kappa shape index (κ1) is 26.8. The first-order valence-corrected chi connectivity index (χ1v) is 12.0.